The molecular weight excluding hydrogens is 246 g/mol. The zero-order valence-electron chi connectivity index (χ0n) is 9.39. The molecule has 1 rings (SSSR count). The van der Waals surface area contributed by atoms with Gasteiger partial charge >= 0.3 is 12.6 Å². The molecule has 0 radical (unpaired) electrons. The number of halogens is 2. The molecule has 0 amide bonds. The number of carbonyl (C=O) groups excluding carboxylic acids is 1. The van der Waals surface area contributed by atoms with Gasteiger partial charge in [-0.2, -0.15) is 8.78 Å². The number of carbonyl (C=O) groups is 2. The maximum absolute atomic E-state index is 12.2. The van der Waals surface area contributed by atoms with Crippen molar-refractivity contribution in [2.24, 2.45) is 0 Å². The average molecular weight is 256 g/mol. The predicted octanol–water partition coefficient (Wildman–Crippen LogP) is 2.51. The van der Waals surface area contributed by atoms with Crippen molar-refractivity contribution < 1.29 is 28.2 Å². The van der Waals surface area contributed by atoms with Gasteiger partial charge in [-0.15, -0.1) is 0 Å². The lowest BCUT2D eigenvalue weighted by molar-refractivity contribution is -0.131. The number of alkyl halides is 2. The summed E-state index contributed by atoms with van der Waals surface area (Å²) in [5.74, 6) is -1.49. The van der Waals surface area contributed by atoms with Crippen LogP contribution in [0.3, 0.4) is 0 Å². The van der Waals surface area contributed by atoms with Gasteiger partial charge in [0.25, 0.3) is 0 Å². The molecule has 1 aromatic carbocycles. The lowest BCUT2D eigenvalue weighted by Gasteiger charge is -2.11. The second kappa shape index (κ2) is 5.90. The van der Waals surface area contributed by atoms with Gasteiger partial charge in [0, 0.05) is 17.2 Å². The first-order valence-electron chi connectivity index (χ1n) is 4.90. The third kappa shape index (κ3) is 3.38. The Labute approximate surface area is 101 Å². The van der Waals surface area contributed by atoms with Crippen LogP contribution < -0.4 is 4.74 Å². The molecule has 0 aliphatic rings. The smallest absolute Gasteiger partial charge is 0.387 e. The second-order valence-corrected chi connectivity index (χ2v) is 3.38. The van der Waals surface area contributed by atoms with E-state index in [1.165, 1.54) is 12.1 Å². The van der Waals surface area contributed by atoms with E-state index in [0.29, 0.717) is 11.8 Å². The van der Waals surface area contributed by atoms with Crippen LogP contribution in [-0.4, -0.2) is 24.0 Å². The molecule has 1 aromatic rings. The summed E-state index contributed by atoms with van der Waals surface area (Å²) < 4.78 is 28.6. The quantitative estimate of drug-likeness (QED) is 0.649. The fourth-order valence-electron chi connectivity index (χ4n) is 1.41. The number of hydrogen-bond donors (Lipinski definition) is 1. The molecule has 0 aliphatic heterocycles. The molecule has 18 heavy (non-hydrogen) atoms. The van der Waals surface area contributed by atoms with Crippen molar-refractivity contribution in [3.05, 3.63) is 34.9 Å². The van der Waals surface area contributed by atoms with E-state index in [4.69, 9.17) is 5.11 Å². The third-order valence-electron chi connectivity index (χ3n) is 2.19. The minimum absolute atomic E-state index is 0.0210. The van der Waals surface area contributed by atoms with Gasteiger partial charge in [-0.25, -0.2) is 4.79 Å². The molecule has 1 N–H and O–H groups in total. The van der Waals surface area contributed by atoms with E-state index in [0.717, 1.165) is 12.2 Å². The Bertz CT molecular complexity index is 495. The Morgan fingerprint density at radius 1 is 1.39 bits per heavy atom. The fourth-order valence-corrected chi connectivity index (χ4v) is 1.41. The van der Waals surface area contributed by atoms with Crippen molar-refractivity contribution in [1.82, 2.24) is 0 Å². The standard InChI is InChI=1S/C12H10F2O4/c1-7-2-4-10(18-12(13)14)8(9(7)6-15)3-5-11(16)17/h2-6,12H,1H3,(H,16,17)/b5-3+. The molecule has 0 saturated heterocycles. The van der Waals surface area contributed by atoms with E-state index in [-0.39, 0.29) is 16.9 Å². The maximum atomic E-state index is 12.2. The number of ether oxygens (including phenoxy) is 1. The predicted molar refractivity (Wildman–Crippen MR) is 59.9 cm³/mol. The van der Waals surface area contributed by atoms with Gasteiger partial charge in [0.15, 0.2) is 6.29 Å². The summed E-state index contributed by atoms with van der Waals surface area (Å²) in [5.41, 5.74) is 0.676. The van der Waals surface area contributed by atoms with E-state index in [2.05, 4.69) is 4.74 Å². The Hall–Kier alpha value is -2.24. The number of aryl methyl sites for hydroxylation is 1. The average Bonchev–Trinajstić information content (AvgIpc) is 2.28. The van der Waals surface area contributed by atoms with Crippen LogP contribution in [0.15, 0.2) is 18.2 Å². The van der Waals surface area contributed by atoms with Crippen molar-refractivity contribution in [3.8, 4) is 5.75 Å². The molecule has 0 aromatic heterocycles. The number of carboxylic acid groups (broad SMARTS) is 1. The highest BCUT2D eigenvalue weighted by atomic mass is 19.3. The van der Waals surface area contributed by atoms with Gasteiger partial charge in [-0.1, -0.05) is 6.07 Å². The summed E-state index contributed by atoms with van der Waals surface area (Å²) in [7, 11) is 0. The first-order chi connectivity index (χ1) is 8.45. The van der Waals surface area contributed by atoms with Crippen LogP contribution in [0, 0.1) is 6.92 Å². The van der Waals surface area contributed by atoms with Gasteiger partial charge < -0.3 is 9.84 Å². The number of hydrogen-bond acceptors (Lipinski definition) is 3. The summed E-state index contributed by atoms with van der Waals surface area (Å²) in [6.45, 7) is -1.45. The summed E-state index contributed by atoms with van der Waals surface area (Å²) in [6.07, 6.45) is 2.27. The van der Waals surface area contributed by atoms with Crippen LogP contribution in [0.2, 0.25) is 0 Å². The Morgan fingerprint density at radius 2 is 2.06 bits per heavy atom. The summed E-state index contributed by atoms with van der Waals surface area (Å²) in [4.78, 5) is 21.3. The molecule has 0 atom stereocenters. The van der Waals surface area contributed by atoms with E-state index in [9.17, 15) is 18.4 Å². The SMILES string of the molecule is Cc1ccc(OC(F)F)c(/C=C/C(=O)O)c1C=O. The highest BCUT2D eigenvalue weighted by Gasteiger charge is 2.13. The highest BCUT2D eigenvalue weighted by Crippen LogP contribution is 2.27. The van der Waals surface area contributed by atoms with Crippen LogP contribution in [0.5, 0.6) is 5.75 Å². The molecule has 0 heterocycles. The summed E-state index contributed by atoms with van der Waals surface area (Å²) in [6, 6.07) is 2.70. The van der Waals surface area contributed by atoms with Crippen molar-refractivity contribution in [2.45, 2.75) is 13.5 Å². The molecule has 0 saturated carbocycles. The number of aliphatic carboxylic acids is 1. The third-order valence-corrected chi connectivity index (χ3v) is 2.19. The van der Waals surface area contributed by atoms with E-state index >= 15 is 0 Å². The Kier molecular flexibility index (Phi) is 4.53. The monoisotopic (exact) mass is 256 g/mol. The minimum Gasteiger partial charge on any atom is -0.478 e. The largest absolute Gasteiger partial charge is 0.478 e. The molecule has 0 aliphatic carbocycles. The zero-order valence-corrected chi connectivity index (χ0v) is 9.39. The van der Waals surface area contributed by atoms with Crippen LogP contribution in [-0.2, 0) is 4.79 Å². The first-order valence-corrected chi connectivity index (χ1v) is 4.90. The molecule has 0 spiro atoms. The summed E-state index contributed by atoms with van der Waals surface area (Å²) in [5, 5.41) is 8.52. The Balaban J connectivity index is 3.33. The van der Waals surface area contributed by atoms with Gasteiger partial charge in [0.1, 0.15) is 5.75 Å². The van der Waals surface area contributed by atoms with Crippen LogP contribution in [0.1, 0.15) is 21.5 Å². The first kappa shape index (κ1) is 13.8. The fraction of sp³-hybridized carbons (Fsp3) is 0.167. The minimum atomic E-state index is -3.05. The zero-order chi connectivity index (χ0) is 13.7. The van der Waals surface area contributed by atoms with Crippen LogP contribution in [0.25, 0.3) is 6.08 Å². The normalized spacial score (nSPS) is 10.9. The van der Waals surface area contributed by atoms with Crippen molar-refractivity contribution in [3.63, 3.8) is 0 Å². The van der Waals surface area contributed by atoms with Crippen LogP contribution >= 0.6 is 0 Å². The number of aldehydes is 1. The molecule has 0 fully saturated rings. The van der Waals surface area contributed by atoms with Gasteiger partial charge in [0.05, 0.1) is 0 Å². The molecule has 6 heteroatoms. The second-order valence-electron chi connectivity index (χ2n) is 3.38. The van der Waals surface area contributed by atoms with E-state index in [1.54, 1.807) is 6.92 Å². The molecule has 0 unspecified atom stereocenters. The molecule has 0 bridgehead atoms. The van der Waals surface area contributed by atoms with Gasteiger partial charge in [-0.05, 0) is 24.6 Å². The topological polar surface area (TPSA) is 63.6 Å². The number of benzene rings is 1. The maximum Gasteiger partial charge on any atom is 0.387 e. The molecule has 4 nitrogen and oxygen atoms in total. The highest BCUT2D eigenvalue weighted by molar-refractivity contribution is 5.91. The van der Waals surface area contributed by atoms with Gasteiger partial charge in [0.2, 0.25) is 0 Å². The summed E-state index contributed by atoms with van der Waals surface area (Å²) >= 11 is 0. The molecule has 96 valence electrons. The van der Waals surface area contributed by atoms with E-state index < -0.39 is 12.6 Å². The lowest BCUT2D eigenvalue weighted by atomic mass is 10.0. The van der Waals surface area contributed by atoms with E-state index in [1.807, 2.05) is 0 Å². The lowest BCUT2D eigenvalue weighted by Crippen LogP contribution is -2.05. The Morgan fingerprint density at radius 3 is 2.56 bits per heavy atom. The number of carboxylic acids is 1. The van der Waals surface area contributed by atoms with Crippen molar-refractivity contribution in [1.29, 1.82) is 0 Å². The number of rotatable bonds is 5. The van der Waals surface area contributed by atoms with Gasteiger partial charge in [-0.3, -0.25) is 4.79 Å². The van der Waals surface area contributed by atoms with Crippen LogP contribution in [0.4, 0.5) is 8.78 Å². The molecular formula is C12H10F2O4. The van der Waals surface area contributed by atoms with Crippen molar-refractivity contribution >= 4 is 18.3 Å². The van der Waals surface area contributed by atoms with Crippen molar-refractivity contribution in [2.75, 3.05) is 0 Å².